The SMILES string of the molecule is COc1cc(C(=O)N2C[C@H]3CC[C@@H]2[C@@H]3N)cc2nc(-c3cc4cccc(-c5ccc6[nH]c(=O)ccc6c5)c4n3CC3CC3)n(C)c12. The van der Waals surface area contributed by atoms with Crippen LogP contribution in [0.4, 0.5) is 0 Å². The number of fused-ring (bicyclic) bond motifs is 5. The molecule has 9 heteroatoms. The number of nitrogens with one attached hydrogen (secondary N) is 1. The number of rotatable bonds is 6. The number of likely N-dealkylation sites (tertiary alicyclic amines) is 1. The first-order valence-corrected chi connectivity index (χ1v) is 16.2. The van der Waals surface area contributed by atoms with Gasteiger partial charge in [-0.1, -0.05) is 24.3 Å². The van der Waals surface area contributed by atoms with Gasteiger partial charge in [0.25, 0.3) is 5.91 Å². The van der Waals surface area contributed by atoms with Gasteiger partial charge in [-0.25, -0.2) is 4.98 Å². The Morgan fingerprint density at radius 3 is 2.63 bits per heavy atom. The van der Waals surface area contributed by atoms with Crippen LogP contribution in [0.2, 0.25) is 0 Å². The van der Waals surface area contributed by atoms with Gasteiger partial charge in [0.1, 0.15) is 11.3 Å². The fourth-order valence-electron chi connectivity index (χ4n) is 8.08. The molecule has 1 saturated heterocycles. The third-order valence-corrected chi connectivity index (χ3v) is 10.6. The Labute approximate surface area is 265 Å². The number of imidazole rings is 1. The first-order chi connectivity index (χ1) is 22.4. The summed E-state index contributed by atoms with van der Waals surface area (Å²) in [4.78, 5) is 35.8. The Hall–Kier alpha value is -4.89. The molecule has 3 aliphatic rings. The van der Waals surface area contributed by atoms with Gasteiger partial charge >= 0.3 is 0 Å². The Morgan fingerprint density at radius 2 is 1.87 bits per heavy atom. The number of ether oxygens (including phenoxy) is 1. The Morgan fingerprint density at radius 1 is 1.00 bits per heavy atom. The van der Waals surface area contributed by atoms with Gasteiger partial charge in [-0.05, 0) is 84.9 Å². The number of piperidine rings is 1. The summed E-state index contributed by atoms with van der Waals surface area (Å²) in [5, 5.41) is 2.14. The standard InChI is InChI=1S/C37H36N6O3/c1-41-35-28(15-25(17-31(35)46-2)37(45)43-19-24-9-12-29(43)33(24)38)40-36(41)30-16-23-4-3-5-26(34(23)42(30)18-20-6-7-20)21-8-11-27-22(14-21)10-13-32(44)39-27/h3-5,8,10-11,13-17,20,24,29,33H,6-7,9,12,18-19,38H2,1-2H3,(H,39,44)/t24-,29-,33-/m1/s1. The minimum absolute atomic E-state index is 0.00185. The van der Waals surface area contributed by atoms with E-state index >= 15 is 0 Å². The molecular formula is C37H36N6O3. The summed E-state index contributed by atoms with van der Waals surface area (Å²) in [7, 11) is 3.68. The molecular weight excluding hydrogens is 576 g/mol. The maximum Gasteiger partial charge on any atom is 0.254 e. The summed E-state index contributed by atoms with van der Waals surface area (Å²) in [5.74, 6) is 2.48. The molecule has 3 fully saturated rings. The number of carbonyl (C=O) groups excluding carboxylic acids is 1. The van der Waals surface area contributed by atoms with Crippen LogP contribution in [0.5, 0.6) is 5.75 Å². The van der Waals surface area contributed by atoms with Crippen molar-refractivity contribution in [2.45, 2.75) is 44.3 Å². The van der Waals surface area contributed by atoms with Gasteiger partial charge in [-0.3, -0.25) is 9.59 Å². The first-order valence-electron chi connectivity index (χ1n) is 16.2. The van der Waals surface area contributed by atoms with Crippen molar-refractivity contribution in [2.75, 3.05) is 13.7 Å². The van der Waals surface area contributed by atoms with E-state index in [0.717, 1.165) is 75.9 Å². The maximum atomic E-state index is 13.8. The number of hydrogen-bond donors (Lipinski definition) is 2. The smallest absolute Gasteiger partial charge is 0.254 e. The number of nitrogens with two attached hydrogens (primary N) is 1. The predicted molar refractivity (Wildman–Crippen MR) is 180 cm³/mol. The Kier molecular flexibility index (Phi) is 5.99. The van der Waals surface area contributed by atoms with Gasteiger partial charge in [0.2, 0.25) is 5.56 Å². The zero-order valence-electron chi connectivity index (χ0n) is 26.0. The molecule has 2 bridgehead atoms. The van der Waals surface area contributed by atoms with Crippen molar-refractivity contribution in [1.82, 2.24) is 24.0 Å². The molecule has 2 aliphatic carbocycles. The van der Waals surface area contributed by atoms with Crippen LogP contribution in [0.1, 0.15) is 36.0 Å². The minimum atomic E-state index is -0.104. The van der Waals surface area contributed by atoms with Crippen LogP contribution in [0.3, 0.4) is 0 Å². The van der Waals surface area contributed by atoms with Crippen molar-refractivity contribution in [1.29, 1.82) is 0 Å². The van der Waals surface area contributed by atoms with E-state index < -0.39 is 0 Å². The number of aromatic nitrogens is 4. The second-order valence-electron chi connectivity index (χ2n) is 13.4. The van der Waals surface area contributed by atoms with Crippen LogP contribution in [-0.4, -0.2) is 55.6 Å². The molecule has 9 rings (SSSR count). The largest absolute Gasteiger partial charge is 0.494 e. The van der Waals surface area contributed by atoms with Crippen molar-refractivity contribution in [3.05, 3.63) is 82.6 Å². The zero-order valence-corrected chi connectivity index (χ0v) is 26.0. The summed E-state index contributed by atoms with van der Waals surface area (Å²) >= 11 is 0. The van der Waals surface area contributed by atoms with Gasteiger partial charge in [0, 0.05) is 60.3 Å². The zero-order chi connectivity index (χ0) is 31.3. The minimum Gasteiger partial charge on any atom is -0.494 e. The fourth-order valence-corrected chi connectivity index (χ4v) is 8.08. The first kappa shape index (κ1) is 27.4. The number of methoxy groups -OCH3 is 1. The van der Waals surface area contributed by atoms with Crippen molar-refractivity contribution < 1.29 is 9.53 Å². The number of pyridine rings is 1. The molecule has 4 heterocycles. The van der Waals surface area contributed by atoms with Crippen molar-refractivity contribution in [3.63, 3.8) is 0 Å². The third-order valence-electron chi connectivity index (χ3n) is 10.6. The highest BCUT2D eigenvalue weighted by molar-refractivity contribution is 6.02. The predicted octanol–water partition coefficient (Wildman–Crippen LogP) is 5.68. The molecule has 3 aromatic carbocycles. The van der Waals surface area contributed by atoms with E-state index in [1.54, 1.807) is 13.2 Å². The van der Waals surface area contributed by atoms with E-state index in [4.69, 9.17) is 15.5 Å². The summed E-state index contributed by atoms with van der Waals surface area (Å²) in [5.41, 5.74) is 13.8. The molecule has 1 aliphatic heterocycles. The monoisotopic (exact) mass is 612 g/mol. The van der Waals surface area contributed by atoms with E-state index in [1.807, 2.05) is 36.2 Å². The lowest BCUT2D eigenvalue weighted by molar-refractivity contribution is 0.0700. The second-order valence-corrected chi connectivity index (χ2v) is 13.4. The van der Waals surface area contributed by atoms with Gasteiger partial charge in [0.15, 0.2) is 5.82 Å². The van der Waals surface area contributed by atoms with Gasteiger partial charge in [-0.2, -0.15) is 0 Å². The summed E-state index contributed by atoms with van der Waals surface area (Å²) in [6, 6.07) is 22.3. The lowest BCUT2D eigenvalue weighted by Gasteiger charge is -2.27. The summed E-state index contributed by atoms with van der Waals surface area (Å²) < 4.78 is 10.4. The maximum absolute atomic E-state index is 13.8. The molecule has 0 spiro atoms. The molecule has 3 atom stereocenters. The summed E-state index contributed by atoms with van der Waals surface area (Å²) in [6.07, 6.45) is 4.50. The number of benzene rings is 3. The Bertz CT molecular complexity index is 2270. The van der Waals surface area contributed by atoms with Crippen LogP contribution in [0, 0.1) is 11.8 Å². The average molecular weight is 613 g/mol. The topological polar surface area (TPSA) is 111 Å². The molecule has 2 saturated carbocycles. The number of para-hydroxylation sites is 1. The number of amides is 1. The highest BCUT2D eigenvalue weighted by Crippen LogP contribution is 2.42. The van der Waals surface area contributed by atoms with E-state index in [-0.39, 0.29) is 23.6 Å². The molecule has 3 N–H and O–H groups in total. The molecule has 0 radical (unpaired) electrons. The fraction of sp³-hybridized carbons (Fsp3) is 0.324. The summed E-state index contributed by atoms with van der Waals surface area (Å²) in [6.45, 7) is 1.62. The average Bonchev–Trinajstić information content (AvgIpc) is 3.46. The molecule has 1 amide bonds. The van der Waals surface area contributed by atoms with Gasteiger partial charge in [0.05, 0.1) is 23.8 Å². The van der Waals surface area contributed by atoms with Crippen molar-refractivity contribution in [2.24, 2.45) is 24.6 Å². The van der Waals surface area contributed by atoms with Crippen LogP contribution in [0.15, 0.2) is 71.5 Å². The number of nitrogens with zero attached hydrogens (tertiary/aromatic N) is 4. The van der Waals surface area contributed by atoms with Crippen LogP contribution < -0.4 is 16.0 Å². The highest BCUT2D eigenvalue weighted by Gasteiger charge is 2.47. The normalized spacial score (nSPS) is 20.8. The molecule has 232 valence electrons. The lowest BCUT2D eigenvalue weighted by Crippen LogP contribution is -2.41. The number of hydrogen-bond acceptors (Lipinski definition) is 5. The van der Waals surface area contributed by atoms with E-state index in [9.17, 15) is 9.59 Å². The number of aryl methyl sites for hydroxylation is 1. The molecule has 6 aromatic rings. The van der Waals surface area contributed by atoms with Gasteiger partial charge < -0.3 is 29.5 Å². The van der Waals surface area contributed by atoms with E-state index in [0.29, 0.717) is 23.1 Å². The lowest BCUT2D eigenvalue weighted by atomic mass is 10.0. The molecule has 0 unspecified atom stereocenters. The van der Waals surface area contributed by atoms with Crippen LogP contribution in [-0.2, 0) is 13.6 Å². The van der Waals surface area contributed by atoms with E-state index in [2.05, 4.69) is 50.5 Å². The molecule has 9 nitrogen and oxygen atoms in total. The molecule has 3 aromatic heterocycles. The van der Waals surface area contributed by atoms with Crippen LogP contribution >= 0.6 is 0 Å². The van der Waals surface area contributed by atoms with Gasteiger partial charge in [-0.15, -0.1) is 0 Å². The highest BCUT2D eigenvalue weighted by atomic mass is 16.5. The second kappa shape index (κ2) is 10.1. The van der Waals surface area contributed by atoms with Crippen LogP contribution in [0.25, 0.3) is 55.5 Å². The number of aromatic amines is 1. The quantitative estimate of drug-likeness (QED) is 0.251. The Balaban J connectivity index is 1.19. The van der Waals surface area contributed by atoms with Crippen molar-refractivity contribution >= 4 is 38.7 Å². The van der Waals surface area contributed by atoms with Crippen molar-refractivity contribution in [3.8, 4) is 28.4 Å². The number of carbonyl (C=O) groups is 1. The third kappa shape index (κ3) is 4.14. The number of H-pyrrole nitrogens is 1. The van der Waals surface area contributed by atoms with E-state index in [1.165, 1.54) is 18.4 Å². The molecule has 46 heavy (non-hydrogen) atoms.